The van der Waals surface area contributed by atoms with Crippen LogP contribution in [0, 0.1) is 10.1 Å². The van der Waals surface area contributed by atoms with E-state index >= 15 is 0 Å². The Balaban J connectivity index is 1.53. The number of hydrogen-bond acceptors (Lipinski definition) is 11. The number of phenolic OH excluding ortho intramolecular Hbond substituents is 1. The van der Waals surface area contributed by atoms with E-state index in [0.717, 1.165) is 10.1 Å². The fourth-order valence-corrected chi connectivity index (χ4v) is 3.74. The molecule has 0 saturated heterocycles. The Morgan fingerprint density at radius 1 is 1.16 bits per heavy atom. The molecule has 5 rings (SSSR count). The number of nitrogen functional groups attached to an aromatic ring is 1. The molecule has 184 valence electrons. The second-order valence-corrected chi connectivity index (χ2v) is 7.80. The van der Waals surface area contributed by atoms with Crippen LogP contribution in [0.5, 0.6) is 5.75 Å². The Bertz CT molecular complexity index is 1710. The molecular formula is C23H17N9O5. The van der Waals surface area contributed by atoms with Gasteiger partial charge in [0.05, 0.1) is 10.6 Å². The highest BCUT2D eigenvalue weighted by molar-refractivity contribution is 6.07. The van der Waals surface area contributed by atoms with Gasteiger partial charge in [0.2, 0.25) is 11.6 Å². The molecule has 1 amide bonds. The number of hydrogen-bond donors (Lipinski definition) is 3. The number of carbonyl (C=O) groups excluding carboxylic acids is 1. The maximum absolute atomic E-state index is 13.1. The third-order valence-electron chi connectivity index (χ3n) is 5.53. The number of nitro groups is 1. The molecular weight excluding hydrogens is 482 g/mol. The molecule has 0 unspecified atom stereocenters. The topological polar surface area (TPSA) is 200 Å². The normalized spacial score (nSPS) is 11.5. The van der Waals surface area contributed by atoms with Gasteiger partial charge in [0.15, 0.2) is 5.69 Å². The predicted octanol–water partition coefficient (Wildman–Crippen LogP) is 2.82. The lowest BCUT2D eigenvalue weighted by Crippen LogP contribution is -2.21. The SMILES string of the molecule is C/C(=N\NC(=O)c1nnn(-c2nonc2N)c1-c1cccc([N+](=O)[O-])c1)c1ccc2ccccc2c1O. The van der Waals surface area contributed by atoms with Gasteiger partial charge in [-0.3, -0.25) is 14.9 Å². The summed E-state index contributed by atoms with van der Waals surface area (Å²) in [5, 5.41) is 42.6. The van der Waals surface area contributed by atoms with E-state index in [1.165, 1.54) is 24.3 Å². The Hall–Kier alpha value is -5.66. The lowest BCUT2D eigenvalue weighted by molar-refractivity contribution is -0.384. The Morgan fingerprint density at radius 2 is 1.97 bits per heavy atom. The maximum Gasteiger partial charge on any atom is 0.294 e. The molecule has 4 N–H and O–H groups in total. The van der Waals surface area contributed by atoms with Gasteiger partial charge in [0, 0.05) is 28.6 Å². The molecule has 0 aliphatic rings. The molecule has 37 heavy (non-hydrogen) atoms. The van der Waals surface area contributed by atoms with Crippen molar-refractivity contribution < 1.29 is 19.5 Å². The zero-order valence-electron chi connectivity index (χ0n) is 19.1. The number of aromatic hydroxyl groups is 1. The minimum Gasteiger partial charge on any atom is -0.507 e. The zero-order valence-corrected chi connectivity index (χ0v) is 19.1. The number of benzene rings is 3. The summed E-state index contributed by atoms with van der Waals surface area (Å²) in [4.78, 5) is 23.9. The van der Waals surface area contributed by atoms with Crippen molar-refractivity contribution in [1.29, 1.82) is 0 Å². The molecule has 2 aromatic heterocycles. The number of rotatable bonds is 6. The Labute approximate surface area is 207 Å². The number of aromatic nitrogens is 5. The first-order valence-corrected chi connectivity index (χ1v) is 10.7. The molecule has 14 nitrogen and oxygen atoms in total. The Morgan fingerprint density at radius 3 is 2.73 bits per heavy atom. The predicted molar refractivity (Wildman–Crippen MR) is 131 cm³/mol. The standard InChI is InChI=1S/C23H17N9O5/c1-12(16-10-9-13-5-2-3-8-17(13)20(16)33)25-27-23(34)18-19(14-6-4-7-15(11-14)32(35)36)31(30-26-18)22-21(24)28-37-29-22/h2-11,33H,1H3,(H2,24,28)(H,27,34)/b25-12+. The van der Waals surface area contributed by atoms with Gasteiger partial charge in [-0.2, -0.15) is 9.78 Å². The minimum atomic E-state index is -0.776. The van der Waals surface area contributed by atoms with Crippen LogP contribution in [0.2, 0.25) is 0 Å². The van der Waals surface area contributed by atoms with Crippen LogP contribution in [0.4, 0.5) is 11.5 Å². The summed E-state index contributed by atoms with van der Waals surface area (Å²) < 4.78 is 5.71. The number of carbonyl (C=O) groups is 1. The third kappa shape index (κ3) is 4.18. The fourth-order valence-electron chi connectivity index (χ4n) is 3.74. The first-order chi connectivity index (χ1) is 17.8. The maximum atomic E-state index is 13.1. The number of hydrazone groups is 1. The van der Waals surface area contributed by atoms with Gasteiger partial charge in [0.1, 0.15) is 11.4 Å². The number of nitrogens with one attached hydrogen (secondary N) is 1. The van der Waals surface area contributed by atoms with E-state index < -0.39 is 10.8 Å². The highest BCUT2D eigenvalue weighted by Gasteiger charge is 2.26. The van der Waals surface area contributed by atoms with Gasteiger partial charge < -0.3 is 10.8 Å². The molecule has 0 fully saturated rings. The summed E-state index contributed by atoms with van der Waals surface area (Å²) in [6.45, 7) is 1.62. The number of amides is 1. The van der Waals surface area contributed by atoms with E-state index in [0.29, 0.717) is 16.7 Å². The largest absolute Gasteiger partial charge is 0.507 e. The van der Waals surface area contributed by atoms with Crippen molar-refractivity contribution in [2.75, 3.05) is 5.73 Å². The van der Waals surface area contributed by atoms with E-state index in [2.05, 4.69) is 35.8 Å². The summed E-state index contributed by atoms with van der Waals surface area (Å²) in [6, 6.07) is 16.3. The Kier molecular flexibility index (Phi) is 5.73. The molecule has 0 saturated carbocycles. The second kappa shape index (κ2) is 9.18. The number of non-ortho nitro benzene ring substituents is 1. The van der Waals surface area contributed by atoms with E-state index in [9.17, 15) is 20.0 Å². The van der Waals surface area contributed by atoms with Gasteiger partial charge in [-0.25, -0.2) is 10.1 Å². The van der Waals surface area contributed by atoms with Crippen LogP contribution < -0.4 is 11.2 Å². The number of phenols is 1. The molecule has 0 atom stereocenters. The van der Waals surface area contributed by atoms with Crippen molar-refractivity contribution in [2.24, 2.45) is 5.10 Å². The van der Waals surface area contributed by atoms with Crippen LogP contribution >= 0.6 is 0 Å². The van der Waals surface area contributed by atoms with E-state index in [1.54, 1.807) is 25.1 Å². The quantitative estimate of drug-likeness (QED) is 0.177. The highest BCUT2D eigenvalue weighted by atomic mass is 16.6. The van der Waals surface area contributed by atoms with Gasteiger partial charge in [-0.1, -0.05) is 47.7 Å². The average molecular weight is 499 g/mol. The van der Waals surface area contributed by atoms with Crippen molar-refractivity contribution in [3.63, 3.8) is 0 Å². The van der Waals surface area contributed by atoms with Gasteiger partial charge >= 0.3 is 0 Å². The summed E-state index contributed by atoms with van der Waals surface area (Å²) in [5.74, 6) is -0.953. The number of nitrogens with zero attached hydrogens (tertiary/aromatic N) is 7. The van der Waals surface area contributed by atoms with Gasteiger partial charge in [-0.15, -0.1) is 5.10 Å². The van der Waals surface area contributed by atoms with E-state index in [-0.39, 0.29) is 40.0 Å². The summed E-state index contributed by atoms with van der Waals surface area (Å²) in [5.41, 5.74) is 8.77. The molecule has 3 aromatic carbocycles. The number of nitrogens with two attached hydrogens (primary N) is 1. The van der Waals surface area contributed by atoms with Crippen LogP contribution in [-0.2, 0) is 0 Å². The van der Waals surface area contributed by atoms with Gasteiger partial charge in [-0.05, 0) is 28.7 Å². The second-order valence-electron chi connectivity index (χ2n) is 7.80. The van der Waals surface area contributed by atoms with Crippen LogP contribution in [-0.4, -0.2) is 47.0 Å². The fraction of sp³-hybridized carbons (Fsp3) is 0.0435. The molecule has 0 spiro atoms. The van der Waals surface area contributed by atoms with Crippen LogP contribution in [0.15, 0.2) is 70.4 Å². The van der Waals surface area contributed by atoms with Crippen LogP contribution in [0.25, 0.3) is 27.8 Å². The van der Waals surface area contributed by atoms with Gasteiger partial charge in [0.25, 0.3) is 11.6 Å². The molecule has 0 radical (unpaired) electrons. The van der Waals surface area contributed by atoms with Crippen molar-refractivity contribution in [3.05, 3.63) is 82.0 Å². The first-order valence-electron chi connectivity index (χ1n) is 10.7. The summed E-state index contributed by atoms with van der Waals surface area (Å²) in [7, 11) is 0. The number of nitro benzene ring substituents is 1. The van der Waals surface area contributed by atoms with Crippen molar-refractivity contribution >= 4 is 33.9 Å². The molecule has 0 aliphatic carbocycles. The monoisotopic (exact) mass is 499 g/mol. The van der Waals surface area contributed by atoms with E-state index in [4.69, 9.17) is 5.73 Å². The molecule has 14 heteroatoms. The summed E-state index contributed by atoms with van der Waals surface area (Å²) >= 11 is 0. The third-order valence-corrected chi connectivity index (χ3v) is 5.53. The number of fused-ring (bicyclic) bond motifs is 1. The molecule has 2 heterocycles. The van der Waals surface area contributed by atoms with Crippen molar-refractivity contribution in [2.45, 2.75) is 6.92 Å². The van der Waals surface area contributed by atoms with E-state index in [1.807, 2.05) is 18.2 Å². The summed E-state index contributed by atoms with van der Waals surface area (Å²) in [6.07, 6.45) is 0. The molecule has 0 bridgehead atoms. The molecule has 5 aromatic rings. The number of anilines is 1. The smallest absolute Gasteiger partial charge is 0.294 e. The van der Waals surface area contributed by atoms with Crippen LogP contribution in [0.3, 0.4) is 0 Å². The highest BCUT2D eigenvalue weighted by Crippen LogP contribution is 2.30. The first kappa shape index (κ1) is 23.1. The minimum absolute atomic E-state index is 0.0193. The van der Waals surface area contributed by atoms with Crippen LogP contribution in [0.1, 0.15) is 23.0 Å². The van der Waals surface area contributed by atoms with Crippen molar-refractivity contribution in [1.82, 2.24) is 30.7 Å². The average Bonchev–Trinajstić information content (AvgIpc) is 3.53. The zero-order chi connectivity index (χ0) is 26.1. The molecule has 0 aliphatic heterocycles. The van der Waals surface area contributed by atoms with Crippen molar-refractivity contribution in [3.8, 4) is 22.8 Å². The lowest BCUT2D eigenvalue weighted by atomic mass is 10.0. The lowest BCUT2D eigenvalue weighted by Gasteiger charge is -2.08.